The largest absolute Gasteiger partial charge is 0.323 e. The van der Waals surface area contributed by atoms with E-state index in [0.29, 0.717) is 5.25 Å². The first kappa shape index (κ1) is 14.2. The van der Waals surface area contributed by atoms with Gasteiger partial charge in [-0.2, -0.15) is 0 Å². The highest BCUT2D eigenvalue weighted by molar-refractivity contribution is 8.00. The number of hydrogen-bond acceptors (Lipinski definition) is 2. The van der Waals surface area contributed by atoms with Gasteiger partial charge in [-0.15, -0.1) is 11.8 Å². The molecule has 2 aromatic carbocycles. The molecule has 19 heavy (non-hydrogen) atoms. The molecule has 0 aliphatic heterocycles. The first-order chi connectivity index (χ1) is 9.06. The number of aryl methyl sites for hydroxylation is 2. The van der Waals surface area contributed by atoms with Crippen molar-refractivity contribution in [1.82, 2.24) is 0 Å². The van der Waals surface area contributed by atoms with Gasteiger partial charge in [-0.25, -0.2) is 0 Å². The lowest BCUT2D eigenvalue weighted by atomic mass is 10.0. The van der Waals surface area contributed by atoms with Crippen LogP contribution in [0, 0.1) is 13.8 Å². The van der Waals surface area contributed by atoms with Crippen LogP contribution in [0.1, 0.15) is 29.7 Å². The number of benzene rings is 2. The summed E-state index contributed by atoms with van der Waals surface area (Å²) >= 11 is 1.84. The molecule has 0 saturated heterocycles. The van der Waals surface area contributed by atoms with E-state index in [1.807, 2.05) is 11.8 Å². The molecule has 1 nitrogen and oxygen atoms in total. The Morgan fingerprint density at radius 3 is 2.26 bits per heavy atom. The molecule has 0 spiro atoms. The Kier molecular flexibility index (Phi) is 4.67. The van der Waals surface area contributed by atoms with E-state index < -0.39 is 0 Å². The van der Waals surface area contributed by atoms with Gasteiger partial charge in [-0.05, 0) is 31.5 Å². The predicted octanol–water partition coefficient (Wildman–Crippen LogP) is 4.48. The fourth-order valence-corrected chi connectivity index (χ4v) is 3.18. The van der Waals surface area contributed by atoms with Crippen molar-refractivity contribution in [2.45, 2.75) is 37.0 Å². The van der Waals surface area contributed by atoms with Crippen molar-refractivity contribution in [3.63, 3.8) is 0 Å². The first-order valence-electron chi connectivity index (χ1n) is 6.62. The summed E-state index contributed by atoms with van der Waals surface area (Å²) in [6.45, 7) is 6.41. The minimum absolute atomic E-state index is 0.0612. The molecule has 0 heterocycles. The average Bonchev–Trinajstić information content (AvgIpc) is 2.39. The molecule has 0 amide bonds. The van der Waals surface area contributed by atoms with E-state index in [9.17, 15) is 0 Å². The van der Waals surface area contributed by atoms with Crippen LogP contribution in [0.15, 0.2) is 53.4 Å². The van der Waals surface area contributed by atoms with Gasteiger partial charge in [0.05, 0.1) is 0 Å². The van der Waals surface area contributed by atoms with E-state index in [2.05, 4.69) is 69.3 Å². The minimum Gasteiger partial charge on any atom is -0.323 e. The molecule has 2 heteroatoms. The lowest BCUT2D eigenvalue weighted by Gasteiger charge is -2.20. The molecule has 100 valence electrons. The average molecular weight is 271 g/mol. The van der Waals surface area contributed by atoms with E-state index in [1.54, 1.807) is 0 Å². The number of rotatable bonds is 4. The number of hydrogen-bond donors (Lipinski definition) is 1. The Bertz CT molecular complexity index is 533. The molecule has 2 rings (SSSR count). The topological polar surface area (TPSA) is 26.0 Å². The van der Waals surface area contributed by atoms with E-state index in [-0.39, 0.29) is 6.04 Å². The second-order valence-corrected chi connectivity index (χ2v) is 6.53. The Morgan fingerprint density at radius 2 is 1.63 bits per heavy atom. The summed E-state index contributed by atoms with van der Waals surface area (Å²) in [4.78, 5) is 1.29. The van der Waals surface area contributed by atoms with Crippen LogP contribution in [0.3, 0.4) is 0 Å². The van der Waals surface area contributed by atoms with Crippen LogP contribution in [0.4, 0.5) is 0 Å². The maximum atomic E-state index is 6.35. The van der Waals surface area contributed by atoms with Crippen LogP contribution in [-0.2, 0) is 0 Å². The third-order valence-corrected chi connectivity index (χ3v) is 4.47. The Labute approximate surface area is 120 Å². The fourth-order valence-electron chi connectivity index (χ4n) is 2.04. The molecule has 0 bridgehead atoms. The maximum absolute atomic E-state index is 6.35. The molecule has 2 N–H and O–H groups in total. The van der Waals surface area contributed by atoms with Crippen molar-refractivity contribution in [3.8, 4) is 0 Å². The Hall–Kier alpha value is -1.25. The van der Waals surface area contributed by atoms with Gasteiger partial charge in [-0.3, -0.25) is 0 Å². The zero-order valence-corrected chi connectivity index (χ0v) is 12.6. The van der Waals surface area contributed by atoms with Crippen molar-refractivity contribution in [3.05, 3.63) is 65.2 Å². The summed E-state index contributed by atoms with van der Waals surface area (Å²) in [7, 11) is 0. The summed E-state index contributed by atoms with van der Waals surface area (Å²) in [5.74, 6) is 0. The minimum atomic E-state index is 0.0612. The smallest absolute Gasteiger partial charge is 0.0416 e. The van der Waals surface area contributed by atoms with Gasteiger partial charge < -0.3 is 5.73 Å². The van der Waals surface area contributed by atoms with Crippen molar-refractivity contribution >= 4 is 11.8 Å². The highest BCUT2D eigenvalue weighted by Gasteiger charge is 2.15. The van der Waals surface area contributed by atoms with Crippen LogP contribution in [0.5, 0.6) is 0 Å². The van der Waals surface area contributed by atoms with Crippen LogP contribution in [-0.4, -0.2) is 5.25 Å². The van der Waals surface area contributed by atoms with Crippen molar-refractivity contribution < 1.29 is 0 Å². The molecule has 0 aromatic heterocycles. The molecule has 2 aromatic rings. The monoisotopic (exact) mass is 271 g/mol. The summed E-state index contributed by atoms with van der Waals surface area (Å²) in [5.41, 5.74) is 10.1. The molecule has 0 fully saturated rings. The van der Waals surface area contributed by atoms with Gasteiger partial charge in [0.1, 0.15) is 0 Å². The van der Waals surface area contributed by atoms with Gasteiger partial charge in [0.15, 0.2) is 0 Å². The molecular formula is C17H21NS. The highest BCUT2D eigenvalue weighted by Crippen LogP contribution is 2.31. The molecule has 0 radical (unpaired) electrons. The van der Waals surface area contributed by atoms with Gasteiger partial charge in [-0.1, -0.05) is 54.4 Å². The molecule has 0 aliphatic rings. The second kappa shape index (κ2) is 6.27. The molecule has 2 unspecified atom stereocenters. The lowest BCUT2D eigenvalue weighted by molar-refractivity contribution is 0.715. The van der Waals surface area contributed by atoms with Gasteiger partial charge in [0.25, 0.3) is 0 Å². The molecule has 2 atom stereocenters. The van der Waals surface area contributed by atoms with Crippen LogP contribution >= 0.6 is 11.8 Å². The summed E-state index contributed by atoms with van der Waals surface area (Å²) in [5, 5.41) is 0.351. The number of thioether (sulfide) groups is 1. The lowest BCUT2D eigenvalue weighted by Crippen LogP contribution is -2.20. The van der Waals surface area contributed by atoms with Crippen molar-refractivity contribution in [2.75, 3.05) is 0 Å². The van der Waals surface area contributed by atoms with E-state index in [0.717, 1.165) is 0 Å². The van der Waals surface area contributed by atoms with Gasteiger partial charge >= 0.3 is 0 Å². The third kappa shape index (κ3) is 3.85. The van der Waals surface area contributed by atoms with Gasteiger partial charge in [0, 0.05) is 16.2 Å². The normalized spacial score (nSPS) is 14.1. The van der Waals surface area contributed by atoms with E-state index >= 15 is 0 Å². The number of nitrogens with two attached hydrogens (primary N) is 1. The fraction of sp³-hybridized carbons (Fsp3) is 0.294. The second-order valence-electron chi connectivity index (χ2n) is 5.08. The predicted molar refractivity (Wildman–Crippen MR) is 84.6 cm³/mol. The van der Waals surface area contributed by atoms with Crippen LogP contribution in [0.25, 0.3) is 0 Å². The first-order valence-corrected chi connectivity index (χ1v) is 7.49. The summed E-state index contributed by atoms with van der Waals surface area (Å²) in [6.07, 6.45) is 0. The zero-order valence-electron chi connectivity index (χ0n) is 11.8. The summed E-state index contributed by atoms with van der Waals surface area (Å²) in [6, 6.07) is 17.2. The maximum Gasteiger partial charge on any atom is 0.0416 e. The van der Waals surface area contributed by atoms with Gasteiger partial charge in [0.2, 0.25) is 0 Å². The zero-order chi connectivity index (χ0) is 13.8. The van der Waals surface area contributed by atoms with Crippen molar-refractivity contribution in [2.24, 2.45) is 5.73 Å². The quantitative estimate of drug-likeness (QED) is 0.829. The molecule has 0 aliphatic carbocycles. The molecule has 0 saturated carbocycles. The standard InChI is InChI=1S/C17H21NS/c1-12-7-9-15(10-8-12)17(18)14(3)19-16-6-4-5-13(2)11-16/h4-11,14,17H,18H2,1-3H3. The van der Waals surface area contributed by atoms with E-state index in [1.165, 1.54) is 21.6 Å². The summed E-state index contributed by atoms with van der Waals surface area (Å²) < 4.78 is 0. The molecular weight excluding hydrogens is 250 g/mol. The highest BCUT2D eigenvalue weighted by atomic mass is 32.2. The third-order valence-electron chi connectivity index (χ3n) is 3.28. The van der Waals surface area contributed by atoms with Crippen molar-refractivity contribution in [1.29, 1.82) is 0 Å². The van der Waals surface area contributed by atoms with Crippen LogP contribution < -0.4 is 5.73 Å². The Morgan fingerprint density at radius 1 is 0.947 bits per heavy atom. The van der Waals surface area contributed by atoms with E-state index in [4.69, 9.17) is 5.73 Å². The Balaban J connectivity index is 2.07. The van der Waals surface area contributed by atoms with Crippen LogP contribution in [0.2, 0.25) is 0 Å². The SMILES string of the molecule is Cc1ccc(C(N)C(C)Sc2cccc(C)c2)cc1.